The van der Waals surface area contributed by atoms with Gasteiger partial charge in [0.1, 0.15) is 36.1 Å². The largest absolute Gasteiger partial charge is 0.524 e. The Hall–Kier alpha value is -4.52. The van der Waals surface area contributed by atoms with Crippen molar-refractivity contribution in [2.75, 3.05) is 11.9 Å². The van der Waals surface area contributed by atoms with E-state index in [0.29, 0.717) is 22.4 Å². The minimum absolute atomic E-state index is 0.0130. The normalized spacial score (nSPS) is 19.4. The zero-order valence-corrected chi connectivity index (χ0v) is 32.5. The van der Waals surface area contributed by atoms with E-state index in [1.807, 2.05) is 6.92 Å². The Balaban J connectivity index is 1.34. The number of aromatic nitrogens is 4. The molecule has 0 unspecified atom stereocenters. The highest BCUT2D eigenvalue weighted by Gasteiger charge is 2.43. The number of alkyl halides is 4. The minimum atomic E-state index is -4.96. The van der Waals surface area contributed by atoms with E-state index in [9.17, 15) is 41.9 Å². The van der Waals surface area contributed by atoms with Crippen LogP contribution in [0.2, 0.25) is 0 Å². The van der Waals surface area contributed by atoms with Crippen LogP contribution >= 0.6 is 7.82 Å². The van der Waals surface area contributed by atoms with Crippen LogP contribution in [-0.4, -0.2) is 77.9 Å². The summed E-state index contributed by atoms with van der Waals surface area (Å²) in [5.74, 6) is -2.16. The number of nitrogens with one attached hydrogen (secondary N) is 2. The van der Waals surface area contributed by atoms with Crippen LogP contribution in [0.25, 0.3) is 0 Å². The summed E-state index contributed by atoms with van der Waals surface area (Å²) in [5, 5.41) is 13.9. The molecular formula is C35H45F4N6O10P. The molecule has 2 heterocycles. The smallest absolute Gasteiger partial charge is 0.443 e. The summed E-state index contributed by atoms with van der Waals surface area (Å²) >= 11 is 0. The van der Waals surface area contributed by atoms with Gasteiger partial charge in [0.05, 0.1) is 24.4 Å². The number of aryl methyl sites for hydroxylation is 3. The van der Waals surface area contributed by atoms with Gasteiger partial charge in [-0.25, -0.2) is 18.4 Å². The lowest BCUT2D eigenvalue weighted by molar-refractivity contribution is -0.176. The number of rotatable bonds is 15. The number of carbonyl (C=O) groups is 3. The first-order valence-electron chi connectivity index (χ1n) is 17.6. The van der Waals surface area contributed by atoms with Crippen molar-refractivity contribution in [3.05, 3.63) is 58.0 Å². The van der Waals surface area contributed by atoms with Crippen molar-refractivity contribution < 1.29 is 65.0 Å². The maximum Gasteiger partial charge on any atom is 0.524 e. The molecule has 0 bridgehead atoms. The Morgan fingerprint density at radius 1 is 1.07 bits per heavy atom. The maximum absolute atomic E-state index is 15.2. The number of alkyl carbamates (subject to hydrolysis) is 1. The highest BCUT2D eigenvalue weighted by atomic mass is 31.2. The Labute approximate surface area is 319 Å². The molecule has 3 aromatic rings. The zero-order valence-electron chi connectivity index (χ0n) is 31.6. The van der Waals surface area contributed by atoms with Crippen LogP contribution in [-0.2, 0) is 49.4 Å². The first kappa shape index (κ1) is 42.6. The van der Waals surface area contributed by atoms with Gasteiger partial charge in [-0.15, -0.1) is 0 Å². The minimum Gasteiger partial charge on any atom is -0.443 e. The fraction of sp³-hybridized carbons (Fsp3) is 0.571. The lowest BCUT2D eigenvalue weighted by Crippen LogP contribution is -2.38. The molecule has 0 spiro atoms. The van der Waals surface area contributed by atoms with E-state index in [-0.39, 0.29) is 47.8 Å². The molecule has 0 saturated heterocycles. The Morgan fingerprint density at radius 2 is 1.77 bits per heavy atom. The average molecular weight is 817 g/mol. The van der Waals surface area contributed by atoms with Crippen molar-refractivity contribution in [2.45, 2.75) is 115 Å². The number of halogens is 4. The zero-order chi connectivity index (χ0) is 41.4. The molecule has 2 saturated carbocycles. The highest BCUT2D eigenvalue weighted by Crippen LogP contribution is 2.45. The maximum atomic E-state index is 15.2. The molecule has 21 heteroatoms. The van der Waals surface area contributed by atoms with Crippen molar-refractivity contribution >= 4 is 31.6 Å². The first-order chi connectivity index (χ1) is 25.9. The molecule has 2 aliphatic carbocycles. The summed E-state index contributed by atoms with van der Waals surface area (Å²) < 4.78 is 87.5. The van der Waals surface area contributed by atoms with Crippen molar-refractivity contribution in [1.29, 1.82) is 0 Å². The fourth-order valence-corrected chi connectivity index (χ4v) is 7.16. The molecule has 0 radical (unpaired) electrons. The van der Waals surface area contributed by atoms with E-state index < -0.39 is 75.5 Å². The molecule has 1 aromatic carbocycles. The molecule has 2 aliphatic rings. The van der Waals surface area contributed by atoms with Crippen molar-refractivity contribution in [1.82, 2.24) is 24.9 Å². The van der Waals surface area contributed by atoms with Crippen LogP contribution in [0.15, 0.2) is 24.3 Å². The predicted octanol–water partition coefficient (Wildman–Crippen LogP) is 5.77. The molecule has 4 N–H and O–H groups in total. The van der Waals surface area contributed by atoms with Gasteiger partial charge in [0.25, 0.3) is 5.91 Å². The van der Waals surface area contributed by atoms with Gasteiger partial charge in [0.2, 0.25) is 0 Å². The number of phosphoric acid groups is 1. The van der Waals surface area contributed by atoms with E-state index in [1.165, 1.54) is 25.2 Å². The first-order valence-corrected chi connectivity index (χ1v) is 19.2. The number of nitrogens with zero attached hydrogens (tertiary/aromatic N) is 4. The van der Waals surface area contributed by atoms with Crippen molar-refractivity contribution in [3.8, 4) is 5.75 Å². The molecule has 2 fully saturated rings. The standard InChI is InChI=1S/C35H45F4N6O10P/c1-19-9-20(2)30(27(10-19)55-56(49,50)51)33(3,4)15-29(46)53-18-45-28(40-31(47)25-13-22(42-44(25)6)16-52-17-35(37,38)39)14-24(43-45)21-11-23(36)26(12-21)54-32(48)41-34(5)7-8-34/h9-10,13-14,21,23,26H,7-8,11-12,15-18H2,1-6H3,(H,40,47)(H,41,48)(H2,49,50,51)/t21-,23+,26-/m0/s1. The monoisotopic (exact) mass is 816 g/mol. The summed E-state index contributed by atoms with van der Waals surface area (Å²) in [7, 11) is -3.55. The summed E-state index contributed by atoms with van der Waals surface area (Å²) in [5.41, 5.74) is 0.506. The highest BCUT2D eigenvalue weighted by molar-refractivity contribution is 7.46. The van der Waals surface area contributed by atoms with Gasteiger partial charge < -0.3 is 29.4 Å². The van der Waals surface area contributed by atoms with Gasteiger partial charge in [-0.2, -0.15) is 23.4 Å². The average Bonchev–Trinajstić information content (AvgIpc) is 3.30. The number of amides is 2. The number of hydrogen-bond acceptors (Lipinski definition) is 10. The summed E-state index contributed by atoms with van der Waals surface area (Å²) in [6, 6.07) is 5.92. The third-order valence-electron chi connectivity index (χ3n) is 9.50. The van der Waals surface area contributed by atoms with Crippen LogP contribution in [0.5, 0.6) is 5.75 Å². The van der Waals surface area contributed by atoms with Gasteiger partial charge in [0, 0.05) is 35.5 Å². The SMILES string of the molecule is Cc1cc(C)c(C(C)(C)CC(=O)OCn2nc([C@H]3C[C@@H](F)[C@@H](OC(=O)NC4(C)CC4)C3)cc2NC(=O)c2cc(COCC(F)(F)F)nn2C)c(OP(=O)(O)O)c1. The van der Waals surface area contributed by atoms with Gasteiger partial charge in [0.15, 0.2) is 6.73 Å². The van der Waals surface area contributed by atoms with E-state index in [0.717, 1.165) is 22.2 Å². The van der Waals surface area contributed by atoms with Gasteiger partial charge in [-0.05, 0) is 69.7 Å². The number of carbonyl (C=O) groups excluding carboxylic acids is 3. The molecule has 5 rings (SSSR count). The van der Waals surface area contributed by atoms with Gasteiger partial charge in [-0.3, -0.25) is 24.1 Å². The lowest BCUT2D eigenvalue weighted by Gasteiger charge is -2.29. The molecule has 0 aliphatic heterocycles. The summed E-state index contributed by atoms with van der Waals surface area (Å²) in [4.78, 5) is 58.3. The lowest BCUT2D eigenvalue weighted by atomic mass is 9.78. The predicted molar refractivity (Wildman–Crippen MR) is 189 cm³/mol. The van der Waals surface area contributed by atoms with Crippen LogP contribution < -0.4 is 15.2 Å². The molecule has 3 atom stereocenters. The van der Waals surface area contributed by atoms with Gasteiger partial charge in [-0.1, -0.05) is 19.9 Å². The van der Waals surface area contributed by atoms with Crippen LogP contribution in [0.3, 0.4) is 0 Å². The van der Waals surface area contributed by atoms with Crippen molar-refractivity contribution in [3.63, 3.8) is 0 Å². The summed E-state index contributed by atoms with van der Waals surface area (Å²) in [6.07, 6.45) is -6.58. The van der Waals surface area contributed by atoms with Crippen molar-refractivity contribution in [2.24, 2.45) is 7.05 Å². The van der Waals surface area contributed by atoms with E-state index >= 15 is 4.39 Å². The van der Waals surface area contributed by atoms with Crippen LogP contribution in [0.1, 0.15) is 97.4 Å². The Morgan fingerprint density at radius 3 is 2.41 bits per heavy atom. The number of esters is 1. The van der Waals surface area contributed by atoms with Crippen LogP contribution in [0.4, 0.5) is 28.2 Å². The Bertz CT molecular complexity index is 2010. The number of anilines is 1. The van der Waals surface area contributed by atoms with E-state index in [4.69, 9.17) is 14.0 Å². The fourth-order valence-electron chi connectivity index (χ4n) is 6.76. The second kappa shape index (κ2) is 16.1. The third kappa shape index (κ3) is 11.3. The number of phosphoric ester groups is 1. The van der Waals surface area contributed by atoms with E-state index in [2.05, 4.69) is 25.6 Å². The number of ether oxygens (including phenoxy) is 3. The summed E-state index contributed by atoms with van der Waals surface area (Å²) in [6.45, 7) is 6.06. The molecule has 308 valence electrons. The Kier molecular flexibility index (Phi) is 12.3. The molecule has 56 heavy (non-hydrogen) atoms. The van der Waals surface area contributed by atoms with E-state index in [1.54, 1.807) is 33.8 Å². The van der Waals surface area contributed by atoms with Crippen LogP contribution in [0, 0.1) is 13.8 Å². The second-order valence-electron chi connectivity index (χ2n) is 15.2. The molecule has 2 aromatic heterocycles. The van der Waals surface area contributed by atoms with Gasteiger partial charge >= 0.3 is 26.1 Å². The third-order valence-corrected chi connectivity index (χ3v) is 9.94. The molecular weight excluding hydrogens is 771 g/mol. The molecule has 16 nitrogen and oxygen atoms in total. The molecule has 2 amide bonds. The quantitative estimate of drug-likeness (QED) is 0.0821. The number of benzene rings is 1. The number of hydrogen-bond donors (Lipinski definition) is 4. The topological polar surface area (TPSA) is 205 Å². The second-order valence-corrected chi connectivity index (χ2v) is 16.4.